The average molecular weight is 276 g/mol. The van der Waals surface area contributed by atoms with Gasteiger partial charge in [0, 0.05) is 12.1 Å². The van der Waals surface area contributed by atoms with Gasteiger partial charge in [0.25, 0.3) is 0 Å². The summed E-state index contributed by atoms with van der Waals surface area (Å²) in [7, 11) is 1.69. The van der Waals surface area contributed by atoms with Gasteiger partial charge in [-0.3, -0.25) is 0 Å². The van der Waals surface area contributed by atoms with E-state index in [2.05, 4.69) is 22.5 Å². The Labute approximate surface area is 118 Å². The Bertz CT molecular complexity index is 635. The molecule has 1 N–H and O–H groups in total. The molecule has 3 rings (SSSR count). The summed E-state index contributed by atoms with van der Waals surface area (Å²) < 4.78 is 8.41. The number of H-pyrrole nitrogens is 1. The van der Waals surface area contributed by atoms with Crippen LogP contribution in [0.1, 0.15) is 38.6 Å². The molecule has 0 bridgehead atoms. The fraction of sp³-hybridized carbons (Fsp3) is 0.533. The first-order valence-electron chi connectivity index (χ1n) is 6.97. The van der Waals surface area contributed by atoms with E-state index in [-0.39, 0.29) is 0 Å². The van der Waals surface area contributed by atoms with Crippen molar-refractivity contribution in [3.63, 3.8) is 0 Å². The first-order chi connectivity index (χ1) is 9.19. The molecular formula is C15H20N2OS. The molecule has 1 aromatic carbocycles. The van der Waals surface area contributed by atoms with E-state index in [1.54, 1.807) is 7.11 Å². The van der Waals surface area contributed by atoms with Crippen LogP contribution in [0.3, 0.4) is 0 Å². The van der Waals surface area contributed by atoms with Gasteiger partial charge in [-0.05, 0) is 56.0 Å². The number of hydrogen-bond acceptors (Lipinski definition) is 2. The van der Waals surface area contributed by atoms with Crippen molar-refractivity contribution in [1.82, 2.24) is 9.55 Å². The van der Waals surface area contributed by atoms with Crippen molar-refractivity contribution in [2.24, 2.45) is 5.92 Å². The highest BCUT2D eigenvalue weighted by molar-refractivity contribution is 7.71. The Morgan fingerprint density at radius 3 is 2.68 bits per heavy atom. The normalized spacial score (nSPS) is 23.7. The van der Waals surface area contributed by atoms with Crippen molar-refractivity contribution in [2.45, 2.75) is 38.6 Å². The van der Waals surface area contributed by atoms with E-state index >= 15 is 0 Å². The van der Waals surface area contributed by atoms with E-state index in [9.17, 15) is 0 Å². The molecule has 0 radical (unpaired) electrons. The van der Waals surface area contributed by atoms with E-state index in [1.165, 1.54) is 31.2 Å². The van der Waals surface area contributed by atoms with Crippen molar-refractivity contribution < 1.29 is 4.74 Å². The maximum absolute atomic E-state index is 5.51. The van der Waals surface area contributed by atoms with Crippen LogP contribution in [0.25, 0.3) is 11.0 Å². The van der Waals surface area contributed by atoms with Gasteiger partial charge in [0.2, 0.25) is 0 Å². The zero-order valence-corrected chi connectivity index (χ0v) is 12.3. The number of aromatic nitrogens is 2. The lowest BCUT2D eigenvalue weighted by atomic mass is 9.87. The Balaban J connectivity index is 2.03. The molecule has 1 heterocycles. The minimum absolute atomic E-state index is 0.547. The van der Waals surface area contributed by atoms with Gasteiger partial charge in [0.05, 0.1) is 18.1 Å². The van der Waals surface area contributed by atoms with Crippen molar-refractivity contribution in [1.29, 1.82) is 0 Å². The molecular weight excluding hydrogens is 256 g/mol. The predicted molar refractivity (Wildman–Crippen MR) is 80.3 cm³/mol. The highest BCUT2D eigenvalue weighted by Crippen LogP contribution is 2.34. The van der Waals surface area contributed by atoms with E-state index < -0.39 is 0 Å². The lowest BCUT2D eigenvalue weighted by Crippen LogP contribution is -2.16. The fourth-order valence-corrected chi connectivity index (χ4v) is 3.46. The highest BCUT2D eigenvalue weighted by Gasteiger charge is 2.21. The number of fused-ring (bicyclic) bond motifs is 1. The van der Waals surface area contributed by atoms with Gasteiger partial charge < -0.3 is 14.3 Å². The predicted octanol–water partition coefficient (Wildman–Crippen LogP) is 4.46. The highest BCUT2D eigenvalue weighted by atomic mass is 32.1. The summed E-state index contributed by atoms with van der Waals surface area (Å²) in [5.74, 6) is 1.73. The lowest BCUT2D eigenvalue weighted by Gasteiger charge is -2.27. The quantitative estimate of drug-likeness (QED) is 0.821. The Kier molecular flexibility index (Phi) is 3.35. The van der Waals surface area contributed by atoms with Gasteiger partial charge in [-0.25, -0.2) is 0 Å². The molecule has 4 heteroatoms. The monoisotopic (exact) mass is 276 g/mol. The van der Waals surface area contributed by atoms with Crippen molar-refractivity contribution in [2.75, 3.05) is 7.11 Å². The molecule has 0 atom stereocenters. The topological polar surface area (TPSA) is 29.9 Å². The molecule has 0 amide bonds. The third-order valence-corrected chi connectivity index (χ3v) is 4.57. The lowest BCUT2D eigenvalue weighted by molar-refractivity contribution is 0.292. The first-order valence-corrected chi connectivity index (χ1v) is 7.38. The number of ether oxygens (including phenoxy) is 1. The summed E-state index contributed by atoms with van der Waals surface area (Å²) in [5.41, 5.74) is 2.27. The van der Waals surface area contributed by atoms with Gasteiger partial charge in [-0.2, -0.15) is 0 Å². The van der Waals surface area contributed by atoms with E-state index in [0.717, 1.165) is 22.0 Å². The maximum atomic E-state index is 5.51. The number of nitrogens with one attached hydrogen (secondary N) is 1. The molecule has 3 nitrogen and oxygen atoms in total. The van der Waals surface area contributed by atoms with Gasteiger partial charge in [-0.1, -0.05) is 6.92 Å². The molecule has 1 fully saturated rings. The zero-order chi connectivity index (χ0) is 13.4. The Hall–Kier alpha value is -1.29. The summed E-state index contributed by atoms with van der Waals surface area (Å²) in [6.45, 7) is 2.34. The SMILES string of the molecule is COc1ccc2c(c1)[nH]c(=S)n2C1CCC(C)CC1. The molecule has 0 saturated heterocycles. The van der Waals surface area contributed by atoms with Crippen LogP contribution in [0.4, 0.5) is 0 Å². The fourth-order valence-electron chi connectivity index (χ4n) is 3.10. The summed E-state index contributed by atoms with van der Waals surface area (Å²) in [6, 6.07) is 6.68. The zero-order valence-electron chi connectivity index (χ0n) is 11.5. The molecule has 1 aromatic heterocycles. The minimum atomic E-state index is 0.547. The third-order valence-electron chi connectivity index (χ3n) is 4.27. The van der Waals surface area contributed by atoms with Crippen LogP contribution in [-0.4, -0.2) is 16.7 Å². The Morgan fingerprint density at radius 1 is 1.26 bits per heavy atom. The summed E-state index contributed by atoms with van der Waals surface area (Å²) >= 11 is 5.51. The van der Waals surface area contributed by atoms with E-state index in [4.69, 9.17) is 17.0 Å². The molecule has 1 aliphatic rings. The van der Waals surface area contributed by atoms with Crippen molar-refractivity contribution in [3.05, 3.63) is 23.0 Å². The third kappa shape index (κ3) is 2.29. The maximum Gasteiger partial charge on any atom is 0.178 e. The van der Waals surface area contributed by atoms with Crippen molar-refractivity contribution >= 4 is 23.3 Å². The molecule has 2 aromatic rings. The molecule has 102 valence electrons. The number of hydrogen-bond donors (Lipinski definition) is 1. The molecule has 1 saturated carbocycles. The van der Waals surface area contributed by atoms with Crippen LogP contribution in [0.5, 0.6) is 5.75 Å². The summed E-state index contributed by atoms with van der Waals surface area (Å²) in [5, 5.41) is 0. The number of rotatable bonds is 2. The average Bonchev–Trinajstić information content (AvgIpc) is 2.74. The first kappa shape index (κ1) is 12.7. The molecule has 19 heavy (non-hydrogen) atoms. The van der Waals surface area contributed by atoms with Crippen LogP contribution in [0.2, 0.25) is 0 Å². The van der Waals surface area contributed by atoms with Crippen LogP contribution in [0.15, 0.2) is 18.2 Å². The smallest absolute Gasteiger partial charge is 0.178 e. The molecule has 0 spiro atoms. The Morgan fingerprint density at radius 2 is 2.00 bits per heavy atom. The second kappa shape index (κ2) is 5.00. The van der Waals surface area contributed by atoms with Crippen LogP contribution >= 0.6 is 12.2 Å². The summed E-state index contributed by atoms with van der Waals surface area (Å²) in [4.78, 5) is 3.31. The van der Waals surface area contributed by atoms with Crippen LogP contribution < -0.4 is 4.74 Å². The van der Waals surface area contributed by atoms with Crippen LogP contribution in [0, 0.1) is 10.7 Å². The van der Waals surface area contributed by atoms with Gasteiger partial charge >= 0.3 is 0 Å². The second-order valence-corrected chi connectivity index (χ2v) is 5.98. The standard InChI is InChI=1S/C15H20N2OS/c1-10-3-5-11(6-4-10)17-14-8-7-12(18-2)9-13(14)16-15(17)19/h7-11H,3-6H2,1-2H3,(H,16,19). The molecule has 1 aliphatic carbocycles. The summed E-state index contributed by atoms with van der Waals surface area (Å²) in [6.07, 6.45) is 5.06. The number of nitrogens with zero attached hydrogens (tertiary/aromatic N) is 1. The van der Waals surface area contributed by atoms with E-state index in [0.29, 0.717) is 6.04 Å². The van der Waals surface area contributed by atoms with Crippen molar-refractivity contribution in [3.8, 4) is 5.75 Å². The molecule has 0 aliphatic heterocycles. The van der Waals surface area contributed by atoms with E-state index in [1.807, 2.05) is 12.1 Å². The number of imidazole rings is 1. The van der Waals surface area contributed by atoms with Gasteiger partial charge in [0.15, 0.2) is 4.77 Å². The number of methoxy groups -OCH3 is 1. The largest absolute Gasteiger partial charge is 0.497 e. The number of aromatic amines is 1. The van der Waals surface area contributed by atoms with Gasteiger partial charge in [0.1, 0.15) is 5.75 Å². The molecule has 0 unspecified atom stereocenters. The minimum Gasteiger partial charge on any atom is -0.497 e. The number of benzene rings is 1. The van der Waals surface area contributed by atoms with Gasteiger partial charge in [-0.15, -0.1) is 0 Å². The second-order valence-electron chi connectivity index (χ2n) is 5.60. The van der Waals surface area contributed by atoms with Crippen LogP contribution in [-0.2, 0) is 0 Å².